The largest absolute Gasteiger partial charge is 0.339 e. The molecule has 1 aromatic carbocycles. The minimum absolute atomic E-state index is 0.00641. The number of benzene rings is 1. The lowest BCUT2D eigenvalue weighted by Crippen LogP contribution is -2.33. The lowest BCUT2D eigenvalue weighted by atomic mass is 10.1. The summed E-state index contributed by atoms with van der Waals surface area (Å²) in [5.74, 6) is -0.317. The molecule has 1 aliphatic rings. The maximum atomic E-state index is 12.4. The minimum atomic E-state index is -0.356. The monoisotopic (exact) mass is 380 g/mol. The van der Waals surface area contributed by atoms with Crippen LogP contribution in [0.15, 0.2) is 42.5 Å². The lowest BCUT2D eigenvalue weighted by molar-refractivity contribution is -0.129. The fourth-order valence-corrected chi connectivity index (χ4v) is 3.16. The number of pyridine rings is 1. The molecule has 3 amide bonds. The van der Waals surface area contributed by atoms with Crippen LogP contribution < -0.4 is 10.6 Å². The molecule has 0 radical (unpaired) electrons. The molecular weight excluding hydrogens is 356 g/mol. The van der Waals surface area contributed by atoms with E-state index in [-0.39, 0.29) is 36.1 Å². The van der Waals surface area contributed by atoms with E-state index in [1.807, 2.05) is 32.9 Å². The predicted octanol–water partition coefficient (Wildman–Crippen LogP) is 2.84. The molecule has 0 spiro atoms. The quantitative estimate of drug-likeness (QED) is 0.834. The predicted molar refractivity (Wildman–Crippen MR) is 107 cm³/mol. The van der Waals surface area contributed by atoms with Gasteiger partial charge in [0.25, 0.3) is 5.91 Å². The van der Waals surface area contributed by atoms with Crippen molar-refractivity contribution in [1.82, 2.24) is 9.88 Å². The molecule has 28 heavy (non-hydrogen) atoms. The molecule has 7 nitrogen and oxygen atoms in total. The molecule has 0 saturated carbocycles. The van der Waals surface area contributed by atoms with Gasteiger partial charge in [-0.1, -0.05) is 6.07 Å². The number of hydrogen-bond acceptors (Lipinski definition) is 4. The van der Waals surface area contributed by atoms with Crippen molar-refractivity contribution in [3.63, 3.8) is 0 Å². The van der Waals surface area contributed by atoms with Crippen LogP contribution in [0.25, 0.3) is 0 Å². The number of amides is 3. The van der Waals surface area contributed by atoms with Crippen molar-refractivity contribution < 1.29 is 14.4 Å². The zero-order valence-electron chi connectivity index (χ0n) is 16.2. The molecule has 1 aromatic heterocycles. The van der Waals surface area contributed by atoms with E-state index in [0.29, 0.717) is 23.6 Å². The number of anilines is 2. The lowest BCUT2D eigenvalue weighted by Gasteiger charge is -2.20. The Labute approximate surface area is 164 Å². The summed E-state index contributed by atoms with van der Waals surface area (Å²) in [5, 5.41) is 5.57. The molecule has 146 valence electrons. The molecule has 1 fully saturated rings. The van der Waals surface area contributed by atoms with Crippen LogP contribution in [0.3, 0.4) is 0 Å². The van der Waals surface area contributed by atoms with Crippen LogP contribution in [0.1, 0.15) is 36.3 Å². The van der Waals surface area contributed by atoms with Gasteiger partial charge < -0.3 is 15.5 Å². The third-order valence-corrected chi connectivity index (χ3v) is 4.70. The Morgan fingerprint density at radius 3 is 2.43 bits per heavy atom. The van der Waals surface area contributed by atoms with Gasteiger partial charge >= 0.3 is 0 Å². The third-order valence-electron chi connectivity index (χ3n) is 4.70. The Morgan fingerprint density at radius 1 is 1.11 bits per heavy atom. The van der Waals surface area contributed by atoms with Crippen LogP contribution >= 0.6 is 0 Å². The summed E-state index contributed by atoms with van der Waals surface area (Å²) in [6.45, 7) is 6.17. The van der Waals surface area contributed by atoms with Crippen LogP contribution in [0.2, 0.25) is 0 Å². The number of carbonyl (C=O) groups is 3. The van der Waals surface area contributed by atoms with Gasteiger partial charge in [-0.05, 0) is 57.2 Å². The molecule has 2 heterocycles. The molecule has 7 heteroatoms. The molecule has 0 aliphatic carbocycles. The second kappa shape index (κ2) is 8.21. The number of hydrogen-bond donors (Lipinski definition) is 2. The van der Waals surface area contributed by atoms with Gasteiger partial charge in [0.05, 0.1) is 5.92 Å². The summed E-state index contributed by atoms with van der Waals surface area (Å²) in [5.41, 5.74) is 1.87. The van der Waals surface area contributed by atoms with E-state index in [0.717, 1.165) is 5.69 Å². The Bertz CT molecular complexity index is 893. The smallest absolute Gasteiger partial charge is 0.256 e. The van der Waals surface area contributed by atoms with E-state index in [9.17, 15) is 14.4 Å². The Hall–Kier alpha value is -3.22. The first kappa shape index (κ1) is 19.5. The summed E-state index contributed by atoms with van der Waals surface area (Å²) in [6.07, 6.45) is 0.230. The van der Waals surface area contributed by atoms with Crippen LogP contribution in [-0.4, -0.2) is 40.2 Å². The first-order valence-electron chi connectivity index (χ1n) is 9.29. The van der Waals surface area contributed by atoms with Gasteiger partial charge in [0.1, 0.15) is 5.82 Å². The SMILES string of the molecule is Cc1cccc(NC(=O)c2ccc(NC(=O)[C@H]3CC(=O)N(C(C)C)C3)cc2)n1. The number of rotatable bonds is 5. The number of nitrogens with one attached hydrogen (secondary N) is 2. The van der Waals surface area contributed by atoms with E-state index in [4.69, 9.17) is 0 Å². The van der Waals surface area contributed by atoms with E-state index in [1.165, 1.54) is 0 Å². The topological polar surface area (TPSA) is 91.4 Å². The Balaban J connectivity index is 1.59. The van der Waals surface area contributed by atoms with Crippen LogP contribution in [0, 0.1) is 12.8 Å². The van der Waals surface area contributed by atoms with Crippen molar-refractivity contribution in [2.75, 3.05) is 17.2 Å². The number of likely N-dealkylation sites (tertiary alicyclic amines) is 1. The van der Waals surface area contributed by atoms with E-state index in [2.05, 4.69) is 15.6 Å². The van der Waals surface area contributed by atoms with Gasteiger partial charge in [-0.25, -0.2) is 4.98 Å². The van der Waals surface area contributed by atoms with Crippen molar-refractivity contribution >= 4 is 29.2 Å². The molecular formula is C21H24N4O3. The number of nitrogens with zero attached hydrogens (tertiary/aromatic N) is 2. The van der Waals surface area contributed by atoms with Crippen LogP contribution in [-0.2, 0) is 9.59 Å². The highest BCUT2D eigenvalue weighted by Crippen LogP contribution is 2.22. The van der Waals surface area contributed by atoms with Gasteiger partial charge in [0.15, 0.2) is 0 Å². The van der Waals surface area contributed by atoms with Crippen molar-refractivity contribution in [2.24, 2.45) is 5.92 Å². The maximum absolute atomic E-state index is 12.4. The molecule has 1 saturated heterocycles. The highest BCUT2D eigenvalue weighted by atomic mass is 16.2. The summed E-state index contributed by atoms with van der Waals surface area (Å²) >= 11 is 0. The van der Waals surface area contributed by atoms with Gasteiger partial charge in [0.2, 0.25) is 11.8 Å². The van der Waals surface area contributed by atoms with Gasteiger partial charge in [-0.2, -0.15) is 0 Å². The van der Waals surface area contributed by atoms with E-state index in [1.54, 1.807) is 35.2 Å². The first-order chi connectivity index (χ1) is 13.3. The van der Waals surface area contributed by atoms with Gasteiger partial charge in [-0.3, -0.25) is 14.4 Å². The molecule has 1 aliphatic heterocycles. The fraction of sp³-hybridized carbons (Fsp3) is 0.333. The average molecular weight is 380 g/mol. The van der Waals surface area contributed by atoms with Gasteiger partial charge in [0, 0.05) is 36.0 Å². The minimum Gasteiger partial charge on any atom is -0.339 e. The van der Waals surface area contributed by atoms with E-state index >= 15 is 0 Å². The van der Waals surface area contributed by atoms with Gasteiger partial charge in [-0.15, -0.1) is 0 Å². The zero-order chi connectivity index (χ0) is 20.3. The normalized spacial score (nSPS) is 16.4. The first-order valence-corrected chi connectivity index (χ1v) is 9.29. The van der Waals surface area contributed by atoms with Crippen molar-refractivity contribution in [1.29, 1.82) is 0 Å². The average Bonchev–Trinajstić information content (AvgIpc) is 3.04. The standard InChI is InChI=1S/C21H24N4O3/c1-13(2)25-12-16(11-19(25)26)21(28)23-17-9-7-15(8-10-17)20(27)24-18-6-4-5-14(3)22-18/h4-10,13,16H,11-12H2,1-3H3,(H,23,28)(H,22,24,27)/t16-/m0/s1. The molecule has 0 bridgehead atoms. The molecule has 1 atom stereocenters. The summed E-state index contributed by atoms with van der Waals surface area (Å²) in [6, 6.07) is 12.1. The van der Waals surface area contributed by atoms with Crippen molar-refractivity contribution in [2.45, 2.75) is 33.2 Å². The highest BCUT2D eigenvalue weighted by Gasteiger charge is 2.35. The van der Waals surface area contributed by atoms with Crippen LogP contribution in [0.5, 0.6) is 0 Å². The van der Waals surface area contributed by atoms with Crippen molar-refractivity contribution in [3.05, 3.63) is 53.7 Å². The Morgan fingerprint density at radius 2 is 1.82 bits per heavy atom. The summed E-state index contributed by atoms with van der Waals surface area (Å²) in [7, 11) is 0. The third kappa shape index (κ3) is 4.54. The van der Waals surface area contributed by atoms with E-state index < -0.39 is 0 Å². The summed E-state index contributed by atoms with van der Waals surface area (Å²) < 4.78 is 0. The molecule has 3 rings (SSSR count). The molecule has 2 aromatic rings. The zero-order valence-corrected chi connectivity index (χ0v) is 16.2. The van der Waals surface area contributed by atoms with Crippen LogP contribution in [0.4, 0.5) is 11.5 Å². The van der Waals surface area contributed by atoms with Crippen molar-refractivity contribution in [3.8, 4) is 0 Å². The molecule has 0 unspecified atom stereocenters. The number of aryl methyl sites for hydroxylation is 1. The second-order valence-corrected chi connectivity index (χ2v) is 7.23. The summed E-state index contributed by atoms with van der Waals surface area (Å²) in [4.78, 5) is 42.7. The highest BCUT2D eigenvalue weighted by molar-refractivity contribution is 6.04. The number of carbonyl (C=O) groups excluding carboxylic acids is 3. The maximum Gasteiger partial charge on any atom is 0.256 e. The Kier molecular flexibility index (Phi) is 5.73. The molecule has 2 N–H and O–H groups in total. The fourth-order valence-electron chi connectivity index (χ4n) is 3.16. The number of aromatic nitrogens is 1. The second-order valence-electron chi connectivity index (χ2n) is 7.23.